The largest absolute Gasteiger partial charge is 0.497 e. The summed E-state index contributed by atoms with van der Waals surface area (Å²) in [6.07, 6.45) is 4.84. The number of para-hydroxylation sites is 1. The van der Waals surface area contributed by atoms with E-state index in [1.54, 1.807) is 7.11 Å². The van der Waals surface area contributed by atoms with Crippen molar-refractivity contribution in [1.29, 1.82) is 0 Å². The number of piperidine rings is 1. The molecule has 2 saturated heterocycles. The van der Waals surface area contributed by atoms with Crippen LogP contribution in [0.3, 0.4) is 0 Å². The van der Waals surface area contributed by atoms with E-state index >= 15 is 4.79 Å². The van der Waals surface area contributed by atoms with E-state index in [1.165, 1.54) is 5.19 Å². The molecular formula is C45H51N5O5Si. The maximum Gasteiger partial charge on any atom is 0.264 e. The molecule has 1 N–H and O–H groups in total. The van der Waals surface area contributed by atoms with E-state index in [9.17, 15) is 9.90 Å². The zero-order valence-corrected chi connectivity index (χ0v) is 33.7. The summed E-state index contributed by atoms with van der Waals surface area (Å²) < 4.78 is 14.7. The quantitative estimate of drug-likeness (QED) is 0.139. The molecule has 10 nitrogen and oxygen atoms in total. The number of aliphatic hydroxyl groups excluding tert-OH is 1. The van der Waals surface area contributed by atoms with Crippen LogP contribution in [0.5, 0.6) is 5.75 Å². The molecule has 1 spiro atoms. The predicted molar refractivity (Wildman–Crippen MR) is 220 cm³/mol. The fraction of sp³-hybridized carbons (Fsp3) is 0.378. The number of carbonyl (C=O) groups is 2. The zero-order chi connectivity index (χ0) is 39.0. The molecule has 11 heteroatoms. The van der Waals surface area contributed by atoms with Gasteiger partial charge in [0, 0.05) is 42.9 Å². The van der Waals surface area contributed by atoms with Gasteiger partial charge >= 0.3 is 0 Å². The van der Waals surface area contributed by atoms with Gasteiger partial charge < -0.3 is 24.4 Å². The van der Waals surface area contributed by atoms with Gasteiger partial charge in [0.05, 0.1) is 51.7 Å². The van der Waals surface area contributed by atoms with Crippen LogP contribution >= 0.6 is 0 Å². The molecule has 5 aromatic rings. The van der Waals surface area contributed by atoms with Gasteiger partial charge in [0.15, 0.2) is 5.60 Å². The molecule has 0 saturated carbocycles. The summed E-state index contributed by atoms with van der Waals surface area (Å²) >= 11 is 0. The number of aryl methyl sites for hydroxylation is 1. The van der Waals surface area contributed by atoms with E-state index in [0.29, 0.717) is 31.6 Å². The lowest BCUT2D eigenvalue weighted by molar-refractivity contribution is -0.146. The van der Waals surface area contributed by atoms with Gasteiger partial charge in [-0.1, -0.05) is 103 Å². The number of benzene rings is 4. The molecule has 2 fully saturated rings. The lowest BCUT2D eigenvalue weighted by Crippen LogP contribution is -2.51. The highest BCUT2D eigenvalue weighted by Gasteiger charge is 2.66. The third-order valence-electron chi connectivity index (χ3n) is 12.6. The number of amides is 2. The highest BCUT2D eigenvalue weighted by Crippen LogP contribution is 2.60. The number of anilines is 2. The van der Waals surface area contributed by atoms with Crippen molar-refractivity contribution < 1.29 is 24.2 Å². The van der Waals surface area contributed by atoms with E-state index in [0.717, 1.165) is 53.2 Å². The van der Waals surface area contributed by atoms with Crippen LogP contribution in [0, 0.1) is 5.92 Å². The second-order valence-corrected chi connectivity index (χ2v) is 20.8. The number of aromatic nitrogens is 3. The summed E-state index contributed by atoms with van der Waals surface area (Å²) in [6, 6.07) is 34.5. The van der Waals surface area contributed by atoms with Crippen molar-refractivity contribution in [3.63, 3.8) is 0 Å². The summed E-state index contributed by atoms with van der Waals surface area (Å²) in [4.78, 5) is 31.6. The van der Waals surface area contributed by atoms with E-state index < -0.39 is 13.7 Å². The molecule has 1 unspecified atom stereocenters. The topological polar surface area (TPSA) is 110 Å². The Balaban J connectivity index is 1.11. The first-order chi connectivity index (χ1) is 27.1. The van der Waals surface area contributed by atoms with Gasteiger partial charge in [-0.25, -0.2) is 0 Å². The first-order valence-electron chi connectivity index (χ1n) is 19.8. The maximum absolute atomic E-state index is 15.2. The second kappa shape index (κ2) is 15.4. The molecule has 5 atom stereocenters. The molecule has 290 valence electrons. The van der Waals surface area contributed by atoms with E-state index in [1.807, 2.05) is 106 Å². The SMILES string of the molecule is COc1ccc([Si](C)(C)[C@@H]2[C@@H](CCn3cc(C(CO)c4ccccc4)nn3)O[C@]3(C(=O)N(Cc4ccc(N5CCCCC5=O)cc4)c4ccccc43)[C@H]2C)cc1. The van der Waals surface area contributed by atoms with Crippen molar-refractivity contribution >= 4 is 36.4 Å². The zero-order valence-electron chi connectivity index (χ0n) is 32.7. The molecule has 56 heavy (non-hydrogen) atoms. The van der Waals surface area contributed by atoms with Crippen LogP contribution < -0.4 is 19.7 Å². The molecule has 0 radical (unpaired) electrons. The van der Waals surface area contributed by atoms with Crippen LogP contribution in [0.1, 0.15) is 60.9 Å². The molecule has 8 rings (SSSR count). The van der Waals surface area contributed by atoms with Gasteiger partial charge in [-0.2, -0.15) is 0 Å². The van der Waals surface area contributed by atoms with Crippen molar-refractivity contribution in [1.82, 2.24) is 15.0 Å². The number of fused-ring (bicyclic) bond motifs is 2. The van der Waals surface area contributed by atoms with Crippen molar-refractivity contribution in [3.8, 4) is 5.75 Å². The van der Waals surface area contributed by atoms with Gasteiger partial charge in [-0.3, -0.25) is 14.3 Å². The van der Waals surface area contributed by atoms with Gasteiger partial charge in [0.25, 0.3) is 5.91 Å². The average Bonchev–Trinajstić information content (AvgIpc) is 3.88. The number of carbonyl (C=O) groups excluding carboxylic acids is 2. The summed E-state index contributed by atoms with van der Waals surface area (Å²) in [5.41, 5.74) is 4.29. The summed E-state index contributed by atoms with van der Waals surface area (Å²) in [7, 11) is -0.658. The summed E-state index contributed by atoms with van der Waals surface area (Å²) in [5, 5.41) is 20.6. The van der Waals surface area contributed by atoms with Crippen molar-refractivity contribution in [2.45, 2.75) is 82.0 Å². The van der Waals surface area contributed by atoms with Crippen LogP contribution in [0.25, 0.3) is 0 Å². The molecule has 4 aromatic carbocycles. The standard InChI is InChI=1S/C45H51N5O5Si/c1-31-43(56(3,4)36-23-21-35(54-2)22-24-36)41(25-27-48-29-39(46-47-48)37(30-51)33-12-6-5-7-13-33)55-45(31)38-14-8-9-15-40(38)50(44(45)53)28-32-17-19-34(20-18-32)49-26-11-10-16-42(49)52/h5-9,12-15,17-24,29,31,37,41,43,51H,10-11,16,25-28,30H2,1-4H3/t31-,37?,41+,43-,45+/m0/s1. The van der Waals surface area contributed by atoms with Crippen LogP contribution in [0.15, 0.2) is 109 Å². The number of rotatable bonds is 12. The fourth-order valence-corrected chi connectivity index (χ4v) is 13.7. The molecule has 3 aliphatic heterocycles. The Morgan fingerprint density at radius 1 is 0.946 bits per heavy atom. The number of ether oxygens (including phenoxy) is 2. The summed E-state index contributed by atoms with van der Waals surface area (Å²) in [6.45, 7) is 8.60. The Hall–Kier alpha value is -5.10. The van der Waals surface area contributed by atoms with Gasteiger partial charge in [-0.15, -0.1) is 5.10 Å². The first-order valence-corrected chi connectivity index (χ1v) is 22.9. The Labute approximate surface area is 330 Å². The van der Waals surface area contributed by atoms with Gasteiger partial charge in [-0.05, 0) is 66.3 Å². The Morgan fingerprint density at radius 3 is 2.39 bits per heavy atom. The monoisotopic (exact) mass is 769 g/mol. The molecule has 3 aliphatic rings. The number of methoxy groups -OCH3 is 1. The maximum atomic E-state index is 15.2. The number of hydrogen-bond donors (Lipinski definition) is 1. The van der Waals surface area contributed by atoms with Crippen LogP contribution in [-0.2, 0) is 33.0 Å². The van der Waals surface area contributed by atoms with Crippen molar-refractivity contribution in [3.05, 3.63) is 132 Å². The smallest absolute Gasteiger partial charge is 0.264 e. The predicted octanol–water partition coefficient (Wildman–Crippen LogP) is 6.78. The molecule has 4 heterocycles. The number of nitrogens with zero attached hydrogens (tertiary/aromatic N) is 5. The minimum Gasteiger partial charge on any atom is -0.497 e. The lowest BCUT2D eigenvalue weighted by atomic mass is 9.82. The number of hydrogen-bond acceptors (Lipinski definition) is 7. The third-order valence-corrected chi connectivity index (χ3v) is 17.0. The van der Waals surface area contributed by atoms with Crippen LogP contribution in [0.2, 0.25) is 18.6 Å². The molecule has 1 aromatic heterocycles. The average molecular weight is 770 g/mol. The Kier molecular flexibility index (Phi) is 10.4. The lowest BCUT2D eigenvalue weighted by Gasteiger charge is -2.37. The molecule has 2 amide bonds. The first kappa shape index (κ1) is 37.8. The van der Waals surface area contributed by atoms with E-state index in [2.05, 4.69) is 48.5 Å². The van der Waals surface area contributed by atoms with Crippen LogP contribution in [0.4, 0.5) is 11.4 Å². The summed E-state index contributed by atoms with van der Waals surface area (Å²) in [5.74, 6) is 0.535. The Morgan fingerprint density at radius 2 is 1.68 bits per heavy atom. The van der Waals surface area contributed by atoms with Crippen molar-refractivity contribution in [2.24, 2.45) is 5.92 Å². The van der Waals surface area contributed by atoms with Crippen molar-refractivity contribution in [2.75, 3.05) is 30.1 Å². The third kappa shape index (κ3) is 6.65. The van der Waals surface area contributed by atoms with Gasteiger partial charge in [0.2, 0.25) is 5.91 Å². The normalized spacial score (nSPS) is 22.8. The molecule has 0 bridgehead atoms. The van der Waals surface area contributed by atoms with Gasteiger partial charge in [0.1, 0.15) is 5.75 Å². The molecular weight excluding hydrogens is 719 g/mol. The minimum absolute atomic E-state index is 0.0368. The minimum atomic E-state index is -2.34. The second-order valence-electron chi connectivity index (χ2n) is 16.1. The van der Waals surface area contributed by atoms with E-state index in [-0.39, 0.29) is 41.9 Å². The number of aliphatic hydroxyl groups is 1. The highest BCUT2D eigenvalue weighted by molar-refractivity contribution is 6.91. The highest BCUT2D eigenvalue weighted by atomic mass is 28.3. The Bertz CT molecular complexity index is 2180. The van der Waals surface area contributed by atoms with E-state index in [4.69, 9.17) is 9.47 Å². The van der Waals surface area contributed by atoms with Crippen LogP contribution in [-0.4, -0.2) is 66.4 Å². The molecule has 0 aliphatic carbocycles. The fourth-order valence-electron chi connectivity index (χ4n) is 9.63.